The van der Waals surface area contributed by atoms with Gasteiger partial charge in [0.15, 0.2) is 0 Å². The number of nitrogens with zero attached hydrogens (tertiary/aromatic N) is 1. The van der Waals surface area contributed by atoms with E-state index in [9.17, 15) is 15.2 Å². The first-order valence-corrected chi connectivity index (χ1v) is 4.22. The van der Waals surface area contributed by atoms with Gasteiger partial charge in [0, 0.05) is 18.7 Å². The summed E-state index contributed by atoms with van der Waals surface area (Å²) in [6, 6.07) is 5.88. The molecule has 0 aliphatic heterocycles. The summed E-state index contributed by atoms with van der Waals surface area (Å²) >= 11 is 0. The van der Waals surface area contributed by atoms with Crippen LogP contribution < -0.4 is 54.9 Å². The average Bonchev–Trinajstić information content (AvgIpc) is 2.18. The number of aliphatic hydroxyl groups excluding tert-OH is 1. The van der Waals surface area contributed by atoms with Crippen LogP contribution in [-0.2, 0) is 20.4 Å². The van der Waals surface area contributed by atoms with Crippen molar-refractivity contribution >= 4 is 5.69 Å². The largest absolute Gasteiger partial charge is 2.00 e. The topological polar surface area (TPSA) is 75.4 Å². The second kappa shape index (κ2) is 16.4. The second-order valence-electron chi connectivity index (χ2n) is 2.92. The first-order chi connectivity index (χ1) is 6.65. The van der Waals surface area contributed by atoms with Crippen molar-refractivity contribution < 1.29 is 80.1 Å². The SMILES string of the molecule is CNCC(O)c1ccc([N+](=O)[O-])cc1.[Cl-].[Cl-].[Cl-].[Cl-].[Pd+2]. The maximum absolute atomic E-state index is 10.3. The van der Waals surface area contributed by atoms with Crippen molar-refractivity contribution in [3.05, 3.63) is 39.9 Å². The molecular formula is C9H12Cl4N2O3Pd-2. The Bertz CT molecular complexity index is 330. The summed E-state index contributed by atoms with van der Waals surface area (Å²) in [5, 5.41) is 22.7. The van der Waals surface area contributed by atoms with Crippen molar-refractivity contribution in [2.24, 2.45) is 0 Å². The second-order valence-corrected chi connectivity index (χ2v) is 2.92. The molecule has 1 unspecified atom stereocenters. The molecule has 1 aromatic carbocycles. The van der Waals surface area contributed by atoms with Crippen LogP contribution in [0.15, 0.2) is 24.3 Å². The first-order valence-electron chi connectivity index (χ1n) is 4.22. The molecule has 0 heterocycles. The minimum atomic E-state index is -0.624. The Morgan fingerprint density at radius 2 is 1.63 bits per heavy atom. The van der Waals surface area contributed by atoms with E-state index in [2.05, 4.69) is 5.32 Å². The van der Waals surface area contributed by atoms with Crippen LogP contribution in [0.1, 0.15) is 11.7 Å². The fourth-order valence-corrected chi connectivity index (χ4v) is 1.13. The number of benzene rings is 1. The minimum absolute atomic E-state index is 0. The summed E-state index contributed by atoms with van der Waals surface area (Å²) in [4.78, 5) is 9.87. The van der Waals surface area contributed by atoms with Gasteiger partial charge < -0.3 is 60.1 Å². The van der Waals surface area contributed by atoms with E-state index in [0.717, 1.165) is 0 Å². The molecule has 2 N–H and O–H groups in total. The third-order valence-electron chi connectivity index (χ3n) is 1.89. The number of nitro benzene ring substituents is 1. The zero-order valence-electron chi connectivity index (χ0n) is 9.63. The van der Waals surface area contributed by atoms with E-state index in [1.165, 1.54) is 12.1 Å². The summed E-state index contributed by atoms with van der Waals surface area (Å²) in [6.07, 6.45) is -0.624. The average molecular weight is 444 g/mol. The molecule has 0 spiro atoms. The molecule has 116 valence electrons. The molecule has 0 saturated heterocycles. The maximum atomic E-state index is 10.3. The quantitative estimate of drug-likeness (QED) is 0.275. The third kappa shape index (κ3) is 10.8. The molecule has 0 radical (unpaired) electrons. The van der Waals surface area contributed by atoms with E-state index in [0.29, 0.717) is 12.1 Å². The Labute approximate surface area is 150 Å². The molecular weight excluding hydrogens is 432 g/mol. The van der Waals surface area contributed by atoms with Crippen molar-refractivity contribution in [1.82, 2.24) is 5.32 Å². The van der Waals surface area contributed by atoms with Gasteiger partial charge in [-0.05, 0) is 24.7 Å². The molecule has 0 amide bonds. The van der Waals surface area contributed by atoms with Crippen LogP contribution in [0.3, 0.4) is 0 Å². The molecule has 1 rings (SSSR count). The van der Waals surface area contributed by atoms with Crippen LogP contribution in [-0.4, -0.2) is 23.6 Å². The normalized spacial score (nSPS) is 9.16. The number of likely N-dealkylation sites (N-methyl/N-ethyl adjacent to an activating group) is 1. The van der Waals surface area contributed by atoms with Crippen LogP contribution in [0.25, 0.3) is 0 Å². The van der Waals surface area contributed by atoms with Crippen LogP contribution >= 0.6 is 0 Å². The summed E-state index contributed by atoms with van der Waals surface area (Å²) < 4.78 is 0. The standard InChI is InChI=1S/C9H12N2O3.4ClH.Pd/c1-10-6-9(12)7-2-4-8(5-3-7)11(13)14;;;;;/h2-5,9-10,12H,6H2,1H3;4*1H;/q;;;;;+2/p-4. The van der Waals surface area contributed by atoms with E-state index in [1.807, 2.05) is 0 Å². The van der Waals surface area contributed by atoms with Crippen molar-refractivity contribution in [2.75, 3.05) is 13.6 Å². The van der Waals surface area contributed by atoms with Crippen molar-refractivity contribution in [1.29, 1.82) is 0 Å². The fourth-order valence-electron chi connectivity index (χ4n) is 1.13. The number of aliphatic hydroxyl groups is 1. The van der Waals surface area contributed by atoms with Gasteiger partial charge in [-0.2, -0.15) is 0 Å². The minimum Gasteiger partial charge on any atom is -1.00 e. The predicted octanol–water partition coefficient (Wildman–Crippen LogP) is -11.1. The van der Waals surface area contributed by atoms with Gasteiger partial charge >= 0.3 is 20.4 Å². The maximum Gasteiger partial charge on any atom is 2.00 e. The van der Waals surface area contributed by atoms with E-state index in [1.54, 1.807) is 19.2 Å². The summed E-state index contributed by atoms with van der Waals surface area (Å²) in [6.45, 7) is 0.428. The monoisotopic (exact) mass is 442 g/mol. The molecule has 0 fully saturated rings. The molecule has 0 aliphatic carbocycles. The zero-order chi connectivity index (χ0) is 10.6. The van der Waals surface area contributed by atoms with Gasteiger partial charge in [-0.3, -0.25) is 10.1 Å². The van der Waals surface area contributed by atoms with Crippen molar-refractivity contribution in [3.8, 4) is 0 Å². The molecule has 5 nitrogen and oxygen atoms in total. The smallest absolute Gasteiger partial charge is 1.00 e. The summed E-state index contributed by atoms with van der Waals surface area (Å²) in [5.41, 5.74) is 0.704. The predicted molar refractivity (Wildman–Crippen MR) is 52.0 cm³/mol. The number of hydrogen-bond donors (Lipinski definition) is 2. The number of nitro groups is 1. The van der Waals surface area contributed by atoms with E-state index >= 15 is 0 Å². The van der Waals surface area contributed by atoms with Gasteiger partial charge in [0.05, 0.1) is 11.0 Å². The van der Waals surface area contributed by atoms with Gasteiger partial charge in [0.1, 0.15) is 0 Å². The Balaban J connectivity index is -0.000000131. The Morgan fingerprint density at radius 3 is 1.95 bits per heavy atom. The summed E-state index contributed by atoms with van der Waals surface area (Å²) in [7, 11) is 1.73. The third-order valence-corrected chi connectivity index (χ3v) is 1.89. The number of non-ortho nitro benzene ring substituents is 1. The molecule has 0 aromatic heterocycles. The van der Waals surface area contributed by atoms with E-state index < -0.39 is 11.0 Å². The van der Waals surface area contributed by atoms with Crippen LogP contribution in [0.4, 0.5) is 5.69 Å². The van der Waals surface area contributed by atoms with Crippen LogP contribution in [0, 0.1) is 10.1 Å². The van der Waals surface area contributed by atoms with Crippen molar-refractivity contribution in [2.45, 2.75) is 6.10 Å². The zero-order valence-corrected chi connectivity index (χ0v) is 14.2. The fraction of sp³-hybridized carbons (Fsp3) is 0.333. The van der Waals surface area contributed by atoms with Gasteiger partial charge in [0.25, 0.3) is 5.69 Å². The number of rotatable bonds is 4. The molecule has 1 aromatic rings. The van der Waals surface area contributed by atoms with E-state index in [-0.39, 0.29) is 75.7 Å². The van der Waals surface area contributed by atoms with Crippen molar-refractivity contribution in [3.63, 3.8) is 0 Å². The van der Waals surface area contributed by atoms with Gasteiger partial charge in [0.2, 0.25) is 0 Å². The van der Waals surface area contributed by atoms with E-state index in [4.69, 9.17) is 0 Å². The number of halogens is 4. The molecule has 0 aliphatic rings. The van der Waals surface area contributed by atoms with Gasteiger partial charge in [-0.15, -0.1) is 0 Å². The number of hydrogen-bond acceptors (Lipinski definition) is 4. The Kier molecular flexibility index (Phi) is 27.3. The van der Waals surface area contributed by atoms with Gasteiger partial charge in [-0.1, -0.05) is 0 Å². The molecule has 1 atom stereocenters. The molecule has 0 saturated carbocycles. The van der Waals surface area contributed by atoms with Crippen LogP contribution in [0.2, 0.25) is 0 Å². The number of nitrogens with one attached hydrogen (secondary N) is 1. The summed E-state index contributed by atoms with van der Waals surface area (Å²) in [5.74, 6) is 0. The molecule has 0 bridgehead atoms. The molecule has 10 heteroatoms. The van der Waals surface area contributed by atoms with Gasteiger partial charge in [-0.25, -0.2) is 0 Å². The van der Waals surface area contributed by atoms with Crippen LogP contribution in [0.5, 0.6) is 0 Å². The molecule has 19 heavy (non-hydrogen) atoms. The Hall–Kier alpha value is 0.362. The first kappa shape index (κ1) is 31.6. The Morgan fingerprint density at radius 1 is 1.21 bits per heavy atom.